The second-order valence-electron chi connectivity index (χ2n) is 3.88. The number of nitrogens with one attached hydrogen (secondary N) is 1. The molecule has 0 aliphatic heterocycles. The second kappa shape index (κ2) is 6.27. The maximum Gasteiger partial charge on any atom is 0.291 e. The van der Waals surface area contributed by atoms with Gasteiger partial charge in [0.25, 0.3) is 5.69 Å². The lowest BCUT2D eigenvalue weighted by atomic mass is 10.1. The summed E-state index contributed by atoms with van der Waals surface area (Å²) in [6, 6.07) is 1.57. The van der Waals surface area contributed by atoms with E-state index in [1.54, 1.807) is 33.3 Å². The quantitative estimate of drug-likeness (QED) is 0.593. The summed E-state index contributed by atoms with van der Waals surface area (Å²) in [5.74, 6) is 0. The SMILES string of the molecule is CNC(COC)Cc1ncc(C)cc1[N+](=O)[O-]. The highest BCUT2D eigenvalue weighted by Gasteiger charge is 2.18. The van der Waals surface area contributed by atoms with Crippen LogP contribution in [0.5, 0.6) is 0 Å². The van der Waals surface area contributed by atoms with Crippen molar-refractivity contribution in [3.63, 3.8) is 0 Å². The van der Waals surface area contributed by atoms with Gasteiger partial charge in [0, 0.05) is 31.8 Å². The summed E-state index contributed by atoms with van der Waals surface area (Å²) >= 11 is 0. The summed E-state index contributed by atoms with van der Waals surface area (Å²) in [4.78, 5) is 14.7. The first-order valence-electron chi connectivity index (χ1n) is 5.34. The van der Waals surface area contributed by atoms with E-state index in [4.69, 9.17) is 4.74 Å². The molecule has 0 aliphatic carbocycles. The third-order valence-corrected chi connectivity index (χ3v) is 2.50. The highest BCUT2D eigenvalue weighted by Crippen LogP contribution is 2.18. The van der Waals surface area contributed by atoms with Crippen LogP contribution < -0.4 is 5.32 Å². The minimum atomic E-state index is -0.394. The molecule has 1 aromatic rings. The monoisotopic (exact) mass is 239 g/mol. The number of likely N-dealkylation sites (N-methyl/N-ethyl adjacent to an activating group) is 1. The van der Waals surface area contributed by atoms with E-state index >= 15 is 0 Å². The molecule has 0 amide bonds. The van der Waals surface area contributed by atoms with Crippen molar-refractivity contribution in [1.82, 2.24) is 10.3 Å². The average molecular weight is 239 g/mol. The number of aromatic nitrogens is 1. The number of aryl methyl sites for hydroxylation is 1. The van der Waals surface area contributed by atoms with Gasteiger partial charge in [-0.3, -0.25) is 15.1 Å². The van der Waals surface area contributed by atoms with Gasteiger partial charge < -0.3 is 10.1 Å². The summed E-state index contributed by atoms with van der Waals surface area (Å²) in [6.45, 7) is 2.28. The maximum atomic E-state index is 10.9. The molecule has 1 aromatic heterocycles. The number of ether oxygens (including phenoxy) is 1. The standard InChI is InChI=1S/C11H17N3O3/c1-8-4-11(14(15)16)10(13-6-8)5-9(12-2)7-17-3/h4,6,9,12H,5,7H2,1-3H3. The molecule has 0 saturated heterocycles. The van der Waals surface area contributed by atoms with Crippen molar-refractivity contribution >= 4 is 5.69 Å². The van der Waals surface area contributed by atoms with Crippen molar-refractivity contribution in [3.8, 4) is 0 Å². The van der Waals surface area contributed by atoms with Gasteiger partial charge in [0.1, 0.15) is 5.69 Å². The predicted octanol–water partition coefficient (Wildman–Crippen LogP) is 1.08. The summed E-state index contributed by atoms with van der Waals surface area (Å²) in [6.07, 6.45) is 2.11. The molecule has 6 heteroatoms. The van der Waals surface area contributed by atoms with Crippen LogP contribution in [0.1, 0.15) is 11.3 Å². The van der Waals surface area contributed by atoms with Crippen molar-refractivity contribution in [3.05, 3.63) is 33.6 Å². The molecule has 0 fully saturated rings. The smallest absolute Gasteiger partial charge is 0.291 e. The minimum Gasteiger partial charge on any atom is -0.383 e. The number of rotatable bonds is 6. The molecular weight excluding hydrogens is 222 g/mol. The molecule has 17 heavy (non-hydrogen) atoms. The van der Waals surface area contributed by atoms with E-state index in [9.17, 15) is 10.1 Å². The molecule has 0 saturated carbocycles. The highest BCUT2D eigenvalue weighted by atomic mass is 16.6. The molecule has 1 unspecified atom stereocenters. The Kier molecular flexibility index (Phi) is 4.99. The molecule has 0 aliphatic rings. The van der Waals surface area contributed by atoms with Crippen molar-refractivity contribution in [2.45, 2.75) is 19.4 Å². The van der Waals surface area contributed by atoms with Crippen LogP contribution in [-0.4, -0.2) is 36.7 Å². The number of hydrogen-bond acceptors (Lipinski definition) is 5. The summed E-state index contributed by atoms with van der Waals surface area (Å²) in [5, 5.41) is 14.0. The topological polar surface area (TPSA) is 77.3 Å². The highest BCUT2D eigenvalue weighted by molar-refractivity contribution is 5.38. The Morgan fingerprint density at radius 3 is 2.88 bits per heavy atom. The van der Waals surface area contributed by atoms with E-state index in [2.05, 4.69) is 10.3 Å². The Labute approximate surface area is 100 Å². The molecule has 0 radical (unpaired) electrons. The molecule has 1 heterocycles. The largest absolute Gasteiger partial charge is 0.383 e. The molecule has 0 aromatic carbocycles. The molecule has 6 nitrogen and oxygen atoms in total. The van der Waals surface area contributed by atoms with Crippen LogP contribution >= 0.6 is 0 Å². The van der Waals surface area contributed by atoms with Crippen LogP contribution in [0.3, 0.4) is 0 Å². The predicted molar refractivity (Wildman–Crippen MR) is 64.1 cm³/mol. The zero-order chi connectivity index (χ0) is 12.8. The number of pyridine rings is 1. The maximum absolute atomic E-state index is 10.9. The van der Waals surface area contributed by atoms with E-state index in [-0.39, 0.29) is 11.7 Å². The van der Waals surface area contributed by atoms with E-state index in [0.29, 0.717) is 18.7 Å². The van der Waals surface area contributed by atoms with Gasteiger partial charge in [-0.1, -0.05) is 0 Å². The van der Waals surface area contributed by atoms with Crippen molar-refractivity contribution in [2.75, 3.05) is 20.8 Å². The molecule has 94 valence electrons. The Morgan fingerprint density at radius 2 is 2.35 bits per heavy atom. The summed E-state index contributed by atoms with van der Waals surface area (Å²) < 4.78 is 5.03. The zero-order valence-corrected chi connectivity index (χ0v) is 10.3. The van der Waals surface area contributed by atoms with Crippen LogP contribution in [0, 0.1) is 17.0 Å². The average Bonchev–Trinajstić information content (AvgIpc) is 2.30. The lowest BCUT2D eigenvalue weighted by Crippen LogP contribution is -2.32. The number of nitrogens with zero attached hydrogens (tertiary/aromatic N) is 2. The van der Waals surface area contributed by atoms with Crippen molar-refractivity contribution in [2.24, 2.45) is 0 Å². The lowest BCUT2D eigenvalue weighted by Gasteiger charge is -2.14. The Morgan fingerprint density at radius 1 is 1.65 bits per heavy atom. The van der Waals surface area contributed by atoms with Gasteiger partial charge in [0.2, 0.25) is 0 Å². The Balaban J connectivity index is 2.92. The normalized spacial score (nSPS) is 12.4. The van der Waals surface area contributed by atoms with Gasteiger partial charge >= 0.3 is 0 Å². The van der Waals surface area contributed by atoms with E-state index < -0.39 is 4.92 Å². The van der Waals surface area contributed by atoms with E-state index in [1.807, 2.05) is 0 Å². The molecule has 0 spiro atoms. The molecule has 1 rings (SSSR count). The third kappa shape index (κ3) is 3.76. The van der Waals surface area contributed by atoms with Gasteiger partial charge in [0.15, 0.2) is 0 Å². The van der Waals surface area contributed by atoms with Crippen LogP contribution in [0.4, 0.5) is 5.69 Å². The summed E-state index contributed by atoms with van der Waals surface area (Å²) in [5.41, 5.74) is 1.34. The fourth-order valence-electron chi connectivity index (χ4n) is 1.58. The first kappa shape index (κ1) is 13.5. The zero-order valence-electron chi connectivity index (χ0n) is 10.3. The summed E-state index contributed by atoms with van der Waals surface area (Å²) in [7, 11) is 3.39. The van der Waals surface area contributed by atoms with Crippen LogP contribution in [0.25, 0.3) is 0 Å². The number of hydrogen-bond donors (Lipinski definition) is 1. The third-order valence-electron chi connectivity index (χ3n) is 2.50. The fraction of sp³-hybridized carbons (Fsp3) is 0.545. The Hall–Kier alpha value is -1.53. The van der Waals surface area contributed by atoms with Crippen molar-refractivity contribution in [1.29, 1.82) is 0 Å². The molecule has 1 N–H and O–H groups in total. The first-order valence-corrected chi connectivity index (χ1v) is 5.34. The van der Waals surface area contributed by atoms with Gasteiger partial charge in [-0.2, -0.15) is 0 Å². The van der Waals surface area contributed by atoms with Gasteiger partial charge in [-0.05, 0) is 19.5 Å². The van der Waals surface area contributed by atoms with Crippen LogP contribution in [0.15, 0.2) is 12.3 Å². The lowest BCUT2D eigenvalue weighted by molar-refractivity contribution is -0.386. The Bertz CT molecular complexity index is 396. The first-order chi connectivity index (χ1) is 8.08. The van der Waals surface area contributed by atoms with Crippen LogP contribution in [-0.2, 0) is 11.2 Å². The molecule has 0 bridgehead atoms. The number of methoxy groups -OCH3 is 1. The molecular formula is C11H17N3O3. The van der Waals surface area contributed by atoms with Gasteiger partial charge in [-0.15, -0.1) is 0 Å². The molecule has 1 atom stereocenters. The number of nitro groups is 1. The van der Waals surface area contributed by atoms with Gasteiger partial charge in [-0.25, -0.2) is 0 Å². The van der Waals surface area contributed by atoms with Gasteiger partial charge in [0.05, 0.1) is 11.5 Å². The second-order valence-corrected chi connectivity index (χ2v) is 3.88. The minimum absolute atomic E-state index is 0.0221. The van der Waals surface area contributed by atoms with E-state index in [1.165, 1.54) is 0 Å². The fourth-order valence-corrected chi connectivity index (χ4v) is 1.58. The van der Waals surface area contributed by atoms with Crippen LogP contribution in [0.2, 0.25) is 0 Å². The van der Waals surface area contributed by atoms with E-state index in [0.717, 1.165) is 5.56 Å². The van der Waals surface area contributed by atoms with Crippen molar-refractivity contribution < 1.29 is 9.66 Å².